The number of aromatic nitrogens is 2. The molecule has 156 valence electrons. The first-order valence-corrected chi connectivity index (χ1v) is 8.77. The third-order valence-electron chi connectivity index (χ3n) is 4.19. The summed E-state index contributed by atoms with van der Waals surface area (Å²) in [6, 6.07) is 5.77. The molecule has 0 bridgehead atoms. The molecule has 0 aliphatic rings. The monoisotopic (exact) mass is 404 g/mol. The number of carbonyl (C=O) groups is 2. The molecule has 1 heterocycles. The predicted octanol–water partition coefficient (Wildman–Crippen LogP) is -0.975. The van der Waals surface area contributed by atoms with Gasteiger partial charge in [0.25, 0.3) is 5.56 Å². The maximum atomic E-state index is 12.8. The quantitative estimate of drug-likeness (QED) is 0.337. The van der Waals surface area contributed by atoms with Crippen LogP contribution in [0.25, 0.3) is 11.1 Å². The molecule has 0 aliphatic heterocycles. The molecule has 0 saturated heterocycles. The van der Waals surface area contributed by atoms with E-state index >= 15 is 0 Å². The first-order chi connectivity index (χ1) is 13.7. The van der Waals surface area contributed by atoms with E-state index in [1.807, 2.05) is 0 Å². The third-order valence-corrected chi connectivity index (χ3v) is 4.19. The van der Waals surface area contributed by atoms with Crippen molar-refractivity contribution in [1.82, 2.24) is 9.35 Å². The van der Waals surface area contributed by atoms with Gasteiger partial charge in [-0.15, -0.1) is 0 Å². The van der Waals surface area contributed by atoms with Crippen molar-refractivity contribution in [2.45, 2.75) is 19.4 Å². The fourth-order valence-corrected chi connectivity index (χ4v) is 2.87. The summed E-state index contributed by atoms with van der Waals surface area (Å²) >= 11 is 0. The largest absolute Gasteiger partial charge is 0.392 e. The van der Waals surface area contributed by atoms with Gasteiger partial charge in [0.05, 0.1) is 5.56 Å². The predicted molar refractivity (Wildman–Crippen MR) is 109 cm³/mol. The van der Waals surface area contributed by atoms with Gasteiger partial charge in [0.1, 0.15) is 11.9 Å². The van der Waals surface area contributed by atoms with Crippen molar-refractivity contribution >= 4 is 17.8 Å². The molecular formula is C18H24N6O5. The van der Waals surface area contributed by atoms with Gasteiger partial charge in [0.15, 0.2) is 0 Å². The zero-order valence-electron chi connectivity index (χ0n) is 16.6. The highest BCUT2D eigenvalue weighted by Gasteiger charge is 2.20. The summed E-state index contributed by atoms with van der Waals surface area (Å²) in [7, 11) is 4.63. The SMILES string of the molecule is CNc1c(-c2ccc(C[C@H](N)C(=O)OC(C)=O)cc2)c(=O)n(NC)c(=O)n1NC. The Morgan fingerprint density at radius 2 is 1.66 bits per heavy atom. The maximum Gasteiger partial charge on any atom is 0.370 e. The summed E-state index contributed by atoms with van der Waals surface area (Å²) in [6.07, 6.45) is 0.155. The molecule has 5 N–H and O–H groups in total. The molecule has 0 fully saturated rings. The van der Waals surface area contributed by atoms with Crippen molar-refractivity contribution in [3.8, 4) is 11.1 Å². The molecule has 2 rings (SSSR count). The Morgan fingerprint density at radius 1 is 1.07 bits per heavy atom. The Labute approximate surface area is 166 Å². The van der Waals surface area contributed by atoms with Crippen molar-refractivity contribution in [2.75, 3.05) is 37.3 Å². The molecule has 1 atom stereocenters. The van der Waals surface area contributed by atoms with Crippen LogP contribution in [0.3, 0.4) is 0 Å². The smallest absolute Gasteiger partial charge is 0.370 e. The maximum absolute atomic E-state index is 12.8. The van der Waals surface area contributed by atoms with Gasteiger partial charge < -0.3 is 26.6 Å². The second-order valence-electron chi connectivity index (χ2n) is 6.10. The number of rotatable bonds is 7. The van der Waals surface area contributed by atoms with Crippen LogP contribution >= 0.6 is 0 Å². The molecule has 11 heteroatoms. The van der Waals surface area contributed by atoms with Gasteiger partial charge in [-0.3, -0.25) is 9.59 Å². The summed E-state index contributed by atoms with van der Waals surface area (Å²) in [4.78, 5) is 47.8. The van der Waals surface area contributed by atoms with Gasteiger partial charge >= 0.3 is 17.6 Å². The van der Waals surface area contributed by atoms with Crippen LogP contribution in [-0.4, -0.2) is 48.5 Å². The number of nitrogens with one attached hydrogen (secondary N) is 3. The Hall–Kier alpha value is -3.60. The first kappa shape index (κ1) is 21.7. The van der Waals surface area contributed by atoms with Crippen LogP contribution in [0.1, 0.15) is 12.5 Å². The van der Waals surface area contributed by atoms with Crippen molar-refractivity contribution in [3.63, 3.8) is 0 Å². The lowest BCUT2D eigenvalue weighted by atomic mass is 10.0. The summed E-state index contributed by atoms with van der Waals surface area (Å²) in [5.41, 5.74) is 11.5. The van der Waals surface area contributed by atoms with Gasteiger partial charge in [0.2, 0.25) is 0 Å². The lowest BCUT2D eigenvalue weighted by molar-refractivity contribution is -0.159. The minimum absolute atomic E-state index is 0.155. The fraction of sp³-hybridized carbons (Fsp3) is 0.333. The molecule has 29 heavy (non-hydrogen) atoms. The Balaban J connectivity index is 2.44. The zero-order valence-corrected chi connectivity index (χ0v) is 16.6. The molecule has 0 amide bonds. The molecule has 0 saturated carbocycles. The van der Waals surface area contributed by atoms with E-state index in [4.69, 9.17) is 5.73 Å². The number of hydrogen-bond donors (Lipinski definition) is 4. The molecule has 0 spiro atoms. The number of nitrogens with zero attached hydrogens (tertiary/aromatic N) is 2. The van der Waals surface area contributed by atoms with Crippen molar-refractivity contribution < 1.29 is 14.3 Å². The summed E-state index contributed by atoms with van der Waals surface area (Å²) in [5.74, 6) is -1.23. The molecule has 2 aromatic rings. The van der Waals surface area contributed by atoms with Crippen molar-refractivity contribution in [1.29, 1.82) is 0 Å². The number of nitrogens with two attached hydrogens (primary N) is 1. The van der Waals surface area contributed by atoms with E-state index in [-0.39, 0.29) is 12.0 Å². The lowest BCUT2D eigenvalue weighted by Gasteiger charge is -2.18. The molecular weight excluding hydrogens is 380 g/mol. The summed E-state index contributed by atoms with van der Waals surface area (Å²) < 4.78 is 6.57. The zero-order chi connectivity index (χ0) is 21.7. The molecule has 0 aliphatic carbocycles. The second kappa shape index (κ2) is 9.06. The highest BCUT2D eigenvalue weighted by atomic mass is 16.6. The Bertz CT molecular complexity index is 1020. The molecule has 1 aromatic carbocycles. The third kappa shape index (κ3) is 4.46. The van der Waals surface area contributed by atoms with E-state index in [0.717, 1.165) is 11.6 Å². The van der Waals surface area contributed by atoms with E-state index in [1.165, 1.54) is 11.7 Å². The normalized spacial score (nSPS) is 11.5. The summed E-state index contributed by atoms with van der Waals surface area (Å²) in [5, 5.41) is 2.87. The van der Waals surface area contributed by atoms with Gasteiger partial charge in [-0.2, -0.15) is 9.35 Å². The lowest BCUT2D eigenvalue weighted by Crippen LogP contribution is -2.47. The first-order valence-electron chi connectivity index (χ1n) is 8.77. The van der Waals surface area contributed by atoms with E-state index < -0.39 is 29.2 Å². The number of benzene rings is 1. The molecule has 0 radical (unpaired) electrons. The van der Waals surface area contributed by atoms with Gasteiger partial charge in [-0.1, -0.05) is 24.3 Å². The highest BCUT2D eigenvalue weighted by molar-refractivity contribution is 5.87. The summed E-state index contributed by atoms with van der Waals surface area (Å²) in [6.45, 7) is 1.13. The topological polar surface area (TPSA) is 149 Å². The van der Waals surface area contributed by atoms with Gasteiger partial charge in [-0.25, -0.2) is 9.59 Å². The fourth-order valence-electron chi connectivity index (χ4n) is 2.87. The van der Waals surface area contributed by atoms with Crippen LogP contribution < -0.4 is 33.2 Å². The number of hydrogen-bond acceptors (Lipinski definition) is 9. The van der Waals surface area contributed by atoms with Crippen LogP contribution in [0.2, 0.25) is 0 Å². The van der Waals surface area contributed by atoms with E-state index in [0.29, 0.717) is 16.9 Å². The number of ether oxygens (including phenoxy) is 1. The minimum Gasteiger partial charge on any atom is -0.392 e. The van der Waals surface area contributed by atoms with Crippen LogP contribution in [0.15, 0.2) is 33.9 Å². The van der Waals surface area contributed by atoms with Gasteiger partial charge in [-0.05, 0) is 17.5 Å². The van der Waals surface area contributed by atoms with Crippen LogP contribution in [0.4, 0.5) is 5.82 Å². The second-order valence-corrected chi connectivity index (χ2v) is 6.10. The number of carbonyl (C=O) groups excluding carboxylic acids is 2. The number of esters is 2. The van der Waals surface area contributed by atoms with E-state index in [9.17, 15) is 19.2 Å². The Morgan fingerprint density at radius 3 is 2.14 bits per heavy atom. The average molecular weight is 404 g/mol. The minimum atomic E-state index is -0.995. The van der Waals surface area contributed by atoms with Gasteiger partial charge in [0, 0.05) is 28.1 Å². The van der Waals surface area contributed by atoms with Crippen molar-refractivity contribution in [2.24, 2.45) is 5.73 Å². The van der Waals surface area contributed by atoms with E-state index in [2.05, 4.69) is 20.9 Å². The van der Waals surface area contributed by atoms with Crippen LogP contribution in [0, 0.1) is 0 Å². The van der Waals surface area contributed by atoms with Crippen molar-refractivity contribution in [3.05, 3.63) is 50.7 Å². The van der Waals surface area contributed by atoms with Crippen LogP contribution in [-0.2, 0) is 20.7 Å². The molecule has 1 aromatic heterocycles. The van der Waals surface area contributed by atoms with Crippen LogP contribution in [0.5, 0.6) is 0 Å². The Kier molecular flexibility index (Phi) is 6.78. The van der Waals surface area contributed by atoms with E-state index in [1.54, 1.807) is 38.4 Å². The number of anilines is 1. The highest BCUT2D eigenvalue weighted by Crippen LogP contribution is 2.23. The average Bonchev–Trinajstić information content (AvgIpc) is 2.68. The molecule has 11 nitrogen and oxygen atoms in total. The standard InChI is InChI=1S/C18H24N6O5/c1-10(25)29-17(27)13(19)9-11-5-7-12(8-6-11)14-15(20-2)23(21-3)18(28)24(22-4)16(14)26/h5-8,13,20-22H,9,19H2,1-4H3/t13-/m0/s1. The molecule has 0 unspecified atom stereocenters.